The first-order valence-electron chi connectivity index (χ1n) is 8.46. The fraction of sp³-hybridized carbons (Fsp3) is 0.250. The summed E-state index contributed by atoms with van der Waals surface area (Å²) in [6.07, 6.45) is 0. The molecule has 0 aromatic heterocycles. The van der Waals surface area contributed by atoms with Crippen LogP contribution in [0.25, 0.3) is 0 Å². The molecule has 2 aromatic rings. The molecule has 0 bridgehead atoms. The number of carbonyl (C=O) groups is 1. The number of carbonyl (C=O) groups excluding carboxylic acids is 1. The van der Waals surface area contributed by atoms with Gasteiger partial charge in [-0.25, -0.2) is 9.38 Å². The fourth-order valence-corrected chi connectivity index (χ4v) is 3.93. The number of hydrogen-bond acceptors (Lipinski definition) is 4. The first kappa shape index (κ1) is 19.5. The second-order valence-corrected chi connectivity index (χ2v) is 8.11. The molecule has 0 atom stereocenters. The van der Waals surface area contributed by atoms with E-state index in [2.05, 4.69) is 15.6 Å². The molecule has 7 heteroatoms. The third kappa shape index (κ3) is 4.36. The third-order valence-corrected chi connectivity index (χ3v) is 5.83. The number of amidine groups is 1. The first-order valence-corrected chi connectivity index (χ1v) is 9.86. The molecule has 0 fully saturated rings. The Hall–Kier alpha value is -2.25. The van der Waals surface area contributed by atoms with Gasteiger partial charge in [-0.3, -0.25) is 4.79 Å². The average molecular weight is 402 g/mol. The van der Waals surface area contributed by atoms with Gasteiger partial charge in [-0.1, -0.05) is 42.2 Å². The summed E-state index contributed by atoms with van der Waals surface area (Å²) in [5, 5.41) is 6.69. The van der Waals surface area contributed by atoms with Gasteiger partial charge in [0.05, 0.1) is 0 Å². The summed E-state index contributed by atoms with van der Waals surface area (Å²) in [5.41, 5.74) is 1.94. The van der Waals surface area contributed by atoms with Crippen LogP contribution in [0.2, 0.25) is 0 Å². The largest absolute Gasteiger partial charge is 0.327 e. The van der Waals surface area contributed by atoms with Crippen LogP contribution in [0.4, 0.5) is 10.1 Å². The lowest BCUT2D eigenvalue weighted by atomic mass is 10.1. The summed E-state index contributed by atoms with van der Waals surface area (Å²) < 4.78 is 14.1. The van der Waals surface area contributed by atoms with E-state index in [4.69, 9.17) is 12.2 Å². The second kappa shape index (κ2) is 7.78. The maximum absolute atomic E-state index is 14.1. The van der Waals surface area contributed by atoms with Crippen LogP contribution in [0.1, 0.15) is 35.3 Å². The number of anilines is 1. The summed E-state index contributed by atoms with van der Waals surface area (Å²) in [5.74, 6) is -0.0783. The summed E-state index contributed by atoms with van der Waals surface area (Å²) in [6, 6.07) is 11.9. The van der Waals surface area contributed by atoms with Crippen LogP contribution >= 0.6 is 24.0 Å². The molecule has 140 valence electrons. The molecule has 1 aliphatic heterocycles. The molecule has 2 aromatic carbocycles. The van der Waals surface area contributed by atoms with Crippen molar-refractivity contribution in [3.8, 4) is 0 Å². The molecular weight excluding hydrogens is 381 g/mol. The predicted octanol–water partition coefficient (Wildman–Crippen LogP) is 4.68. The Bertz CT molecular complexity index is 926. The van der Waals surface area contributed by atoms with Crippen LogP contribution in [0.15, 0.2) is 47.5 Å². The Kier molecular flexibility index (Phi) is 5.62. The van der Waals surface area contributed by atoms with Crippen molar-refractivity contribution < 1.29 is 9.18 Å². The van der Waals surface area contributed by atoms with Gasteiger partial charge in [-0.15, -0.1) is 0 Å². The van der Waals surface area contributed by atoms with E-state index in [-0.39, 0.29) is 11.7 Å². The van der Waals surface area contributed by atoms with Gasteiger partial charge in [0.15, 0.2) is 5.17 Å². The van der Waals surface area contributed by atoms with Gasteiger partial charge in [0, 0.05) is 17.0 Å². The predicted molar refractivity (Wildman–Crippen MR) is 114 cm³/mol. The minimum absolute atomic E-state index is 0.230. The number of halogens is 1. The van der Waals surface area contributed by atoms with Crippen LogP contribution in [-0.2, 0) is 5.75 Å². The van der Waals surface area contributed by atoms with E-state index in [1.165, 1.54) is 17.8 Å². The number of thioether (sulfide) groups is 1. The molecular formula is C20H20FN3OS2. The normalized spacial score (nSPS) is 15.3. The Balaban J connectivity index is 1.81. The standard InChI is InChI=1S/C20H20FN3OS2/c1-12-14(11-27-19-23-18(26)20(2,3)24-19)16(10-9-15(12)21)22-17(25)13-7-5-4-6-8-13/h4-10H,11H2,1-3H3,(H,22,25)(H,23,24,26). The number of benzene rings is 2. The van der Waals surface area contributed by atoms with Crippen molar-refractivity contribution in [1.29, 1.82) is 0 Å². The number of nitrogens with zero attached hydrogens (tertiary/aromatic N) is 1. The van der Waals surface area contributed by atoms with Gasteiger partial charge in [-0.05, 0) is 56.2 Å². The average Bonchev–Trinajstić information content (AvgIpc) is 2.90. The molecule has 27 heavy (non-hydrogen) atoms. The molecule has 0 aliphatic carbocycles. The number of hydrogen-bond donors (Lipinski definition) is 2. The van der Waals surface area contributed by atoms with Crippen molar-refractivity contribution in [2.24, 2.45) is 4.99 Å². The Morgan fingerprint density at radius 2 is 1.96 bits per heavy atom. The molecule has 4 nitrogen and oxygen atoms in total. The molecule has 1 amide bonds. The lowest BCUT2D eigenvalue weighted by Gasteiger charge is -2.14. The lowest BCUT2D eigenvalue weighted by Crippen LogP contribution is -2.32. The zero-order valence-corrected chi connectivity index (χ0v) is 16.9. The van der Waals surface area contributed by atoms with Crippen LogP contribution < -0.4 is 10.6 Å². The van der Waals surface area contributed by atoms with Crippen molar-refractivity contribution >= 4 is 45.7 Å². The molecule has 0 spiro atoms. The van der Waals surface area contributed by atoms with E-state index in [9.17, 15) is 9.18 Å². The van der Waals surface area contributed by atoms with Crippen LogP contribution in [-0.4, -0.2) is 21.6 Å². The third-order valence-electron chi connectivity index (χ3n) is 4.33. The van der Waals surface area contributed by atoms with Crippen molar-refractivity contribution in [1.82, 2.24) is 5.32 Å². The summed E-state index contributed by atoms with van der Waals surface area (Å²) in [6.45, 7) is 5.59. The molecule has 2 N–H and O–H groups in total. The number of nitrogens with one attached hydrogen (secondary N) is 2. The number of amides is 1. The summed E-state index contributed by atoms with van der Waals surface area (Å²) in [4.78, 5) is 17.7. The smallest absolute Gasteiger partial charge is 0.255 e. The number of rotatable bonds is 4. The van der Waals surface area contributed by atoms with E-state index in [0.29, 0.717) is 32.7 Å². The van der Waals surface area contributed by atoms with Gasteiger partial charge in [0.1, 0.15) is 16.3 Å². The summed E-state index contributed by atoms with van der Waals surface area (Å²) in [7, 11) is 0. The van der Waals surface area contributed by atoms with Crippen molar-refractivity contribution in [3.05, 3.63) is 65.0 Å². The Morgan fingerprint density at radius 1 is 1.26 bits per heavy atom. The highest BCUT2D eigenvalue weighted by molar-refractivity contribution is 8.13. The van der Waals surface area contributed by atoms with Crippen molar-refractivity contribution in [3.63, 3.8) is 0 Å². The van der Waals surface area contributed by atoms with Gasteiger partial charge in [-0.2, -0.15) is 0 Å². The second-order valence-electron chi connectivity index (χ2n) is 6.74. The van der Waals surface area contributed by atoms with Crippen LogP contribution in [0.3, 0.4) is 0 Å². The Morgan fingerprint density at radius 3 is 2.59 bits per heavy atom. The molecule has 0 saturated heterocycles. The minimum Gasteiger partial charge on any atom is -0.327 e. The van der Waals surface area contributed by atoms with Gasteiger partial charge in [0.25, 0.3) is 5.91 Å². The molecule has 3 rings (SSSR count). The highest BCUT2D eigenvalue weighted by atomic mass is 32.2. The SMILES string of the molecule is Cc1c(F)ccc(NC(=O)c2ccccc2)c1CSC1=NC(C)(C)C(=S)N1. The van der Waals surface area contributed by atoms with E-state index < -0.39 is 5.54 Å². The highest BCUT2D eigenvalue weighted by Gasteiger charge is 2.30. The van der Waals surface area contributed by atoms with Gasteiger partial charge < -0.3 is 10.6 Å². The number of thiocarbonyl (C=S) groups is 1. The highest BCUT2D eigenvalue weighted by Crippen LogP contribution is 2.29. The van der Waals surface area contributed by atoms with E-state index >= 15 is 0 Å². The van der Waals surface area contributed by atoms with E-state index in [1.807, 2.05) is 19.9 Å². The summed E-state index contributed by atoms with van der Waals surface area (Å²) >= 11 is 6.73. The molecule has 1 aliphatic rings. The molecule has 1 heterocycles. The zero-order valence-electron chi connectivity index (χ0n) is 15.3. The van der Waals surface area contributed by atoms with E-state index in [1.54, 1.807) is 37.3 Å². The molecule has 0 radical (unpaired) electrons. The van der Waals surface area contributed by atoms with Crippen LogP contribution in [0.5, 0.6) is 0 Å². The maximum atomic E-state index is 14.1. The molecule has 0 unspecified atom stereocenters. The van der Waals surface area contributed by atoms with Gasteiger partial charge >= 0.3 is 0 Å². The minimum atomic E-state index is -0.432. The quantitative estimate of drug-likeness (QED) is 0.730. The van der Waals surface area contributed by atoms with E-state index in [0.717, 1.165) is 5.56 Å². The van der Waals surface area contributed by atoms with Crippen molar-refractivity contribution in [2.45, 2.75) is 32.1 Å². The first-order chi connectivity index (χ1) is 12.8. The lowest BCUT2D eigenvalue weighted by molar-refractivity contribution is 0.102. The fourth-order valence-electron chi connectivity index (χ4n) is 2.61. The van der Waals surface area contributed by atoms with Crippen LogP contribution in [0, 0.1) is 12.7 Å². The monoisotopic (exact) mass is 401 g/mol. The number of aliphatic imine (C=N–C) groups is 1. The Labute approximate surface area is 167 Å². The molecule has 0 saturated carbocycles. The maximum Gasteiger partial charge on any atom is 0.255 e. The topological polar surface area (TPSA) is 53.5 Å². The van der Waals surface area contributed by atoms with Gasteiger partial charge in [0.2, 0.25) is 0 Å². The zero-order chi connectivity index (χ0) is 19.6. The van der Waals surface area contributed by atoms with Crippen molar-refractivity contribution in [2.75, 3.05) is 5.32 Å².